The first kappa shape index (κ1) is 24.6. The van der Waals surface area contributed by atoms with Crippen LogP contribution in [0.4, 0.5) is 17.1 Å². The van der Waals surface area contributed by atoms with Crippen molar-refractivity contribution in [2.45, 2.75) is 32.2 Å². The number of anilines is 3. The van der Waals surface area contributed by atoms with Gasteiger partial charge in [-0.3, -0.25) is 9.36 Å². The molecule has 9 heteroatoms. The molecule has 5 rings (SSSR count). The molecule has 0 unspecified atom stereocenters. The van der Waals surface area contributed by atoms with E-state index in [9.17, 15) is 4.79 Å². The third-order valence-electron chi connectivity index (χ3n) is 7.57. The molecule has 0 spiro atoms. The van der Waals surface area contributed by atoms with Gasteiger partial charge < -0.3 is 24.5 Å². The Balaban J connectivity index is 1.69. The number of nitrogens with zero attached hydrogens (tertiary/aromatic N) is 2. The van der Waals surface area contributed by atoms with Crippen molar-refractivity contribution in [1.82, 2.24) is 4.67 Å². The normalized spacial score (nSPS) is 21.0. The van der Waals surface area contributed by atoms with E-state index in [0.29, 0.717) is 37.3 Å². The van der Waals surface area contributed by atoms with E-state index in [0.717, 1.165) is 16.9 Å². The molecule has 2 aliphatic rings. The number of hydrogen-bond acceptors (Lipinski definition) is 5. The molecule has 0 bridgehead atoms. The van der Waals surface area contributed by atoms with E-state index < -0.39 is 7.44 Å². The molecular formula is C27H33N4O4P. The summed E-state index contributed by atoms with van der Waals surface area (Å²) in [6.45, 7) is 8.60. The quantitative estimate of drug-likeness (QED) is 0.458. The van der Waals surface area contributed by atoms with Crippen molar-refractivity contribution < 1.29 is 18.5 Å². The minimum atomic E-state index is -3.43. The van der Waals surface area contributed by atoms with Crippen molar-refractivity contribution in [3.63, 3.8) is 0 Å². The minimum absolute atomic E-state index is 0.176. The summed E-state index contributed by atoms with van der Waals surface area (Å²) >= 11 is 0. The largest absolute Gasteiger partial charge is 0.459 e. The molecule has 2 atom stereocenters. The first-order valence-electron chi connectivity index (χ1n) is 12.2. The zero-order chi connectivity index (χ0) is 25.5. The Morgan fingerprint density at radius 1 is 1.08 bits per heavy atom. The van der Waals surface area contributed by atoms with Crippen molar-refractivity contribution in [2.24, 2.45) is 0 Å². The Hall–Kier alpha value is -3.06. The number of rotatable bonds is 6. The van der Waals surface area contributed by atoms with E-state index in [-0.39, 0.29) is 23.1 Å². The number of furan rings is 1. The van der Waals surface area contributed by atoms with Gasteiger partial charge in [0.25, 0.3) is 13.4 Å². The number of likely N-dealkylation sites (N-methyl/N-ethyl adjacent to an activating group) is 1. The number of nitrogens with one attached hydrogen (secondary N) is 2. The summed E-state index contributed by atoms with van der Waals surface area (Å²) in [5, 5.41) is 6.95. The molecular weight excluding hydrogens is 475 g/mol. The molecule has 2 aliphatic heterocycles. The molecule has 0 saturated carbocycles. The first-order chi connectivity index (χ1) is 17.2. The second kappa shape index (κ2) is 9.43. The number of carbonyl (C=O) groups excluding carboxylic acids is 1. The monoisotopic (exact) mass is 508 g/mol. The lowest BCUT2D eigenvalue weighted by Crippen LogP contribution is -2.40. The van der Waals surface area contributed by atoms with Crippen molar-refractivity contribution in [3.8, 4) is 0 Å². The van der Waals surface area contributed by atoms with Gasteiger partial charge in [0.2, 0.25) is 0 Å². The van der Waals surface area contributed by atoms with Crippen LogP contribution in [0.1, 0.15) is 36.9 Å². The number of para-hydroxylation sites is 1. The van der Waals surface area contributed by atoms with Gasteiger partial charge in [-0.05, 0) is 48.9 Å². The van der Waals surface area contributed by atoms with Gasteiger partial charge in [0, 0.05) is 43.0 Å². The summed E-state index contributed by atoms with van der Waals surface area (Å²) in [5.74, 6) is -0.192. The van der Waals surface area contributed by atoms with Crippen LogP contribution in [-0.2, 0) is 14.7 Å². The summed E-state index contributed by atoms with van der Waals surface area (Å²) in [7, 11) is -1.37. The van der Waals surface area contributed by atoms with Crippen LogP contribution in [0.2, 0.25) is 0 Å². The predicted octanol–water partition coefficient (Wildman–Crippen LogP) is 4.91. The minimum Gasteiger partial charge on any atom is -0.459 e. The van der Waals surface area contributed by atoms with Gasteiger partial charge in [-0.15, -0.1) is 0 Å². The van der Waals surface area contributed by atoms with Crippen LogP contribution in [-0.4, -0.2) is 50.0 Å². The van der Waals surface area contributed by atoms with Crippen molar-refractivity contribution in [3.05, 3.63) is 72.2 Å². The number of morpholine rings is 1. The van der Waals surface area contributed by atoms with Crippen LogP contribution >= 0.6 is 7.44 Å². The van der Waals surface area contributed by atoms with Crippen LogP contribution in [0.3, 0.4) is 0 Å². The van der Waals surface area contributed by atoms with E-state index >= 15 is 4.57 Å². The van der Waals surface area contributed by atoms with Gasteiger partial charge in [0.05, 0.1) is 30.5 Å². The Bertz CT molecular complexity index is 1290. The molecule has 1 saturated heterocycles. The second-order valence-electron chi connectivity index (χ2n) is 9.95. The number of carbonyl (C=O) groups is 1. The summed E-state index contributed by atoms with van der Waals surface area (Å²) < 4.78 is 28.0. The molecule has 2 N–H and O–H groups in total. The van der Waals surface area contributed by atoms with Crippen LogP contribution in [0.5, 0.6) is 0 Å². The summed E-state index contributed by atoms with van der Waals surface area (Å²) in [6.07, 6.45) is 1.46. The average molecular weight is 509 g/mol. The maximum absolute atomic E-state index is 15.2. The predicted molar refractivity (Wildman–Crippen MR) is 144 cm³/mol. The van der Waals surface area contributed by atoms with Crippen LogP contribution in [0.25, 0.3) is 0 Å². The summed E-state index contributed by atoms with van der Waals surface area (Å²) in [5.41, 5.74) is 3.20. The molecule has 0 aliphatic carbocycles. The molecule has 1 aromatic heterocycles. The van der Waals surface area contributed by atoms with E-state index in [1.807, 2.05) is 47.1 Å². The van der Waals surface area contributed by atoms with Gasteiger partial charge in [0.15, 0.2) is 5.76 Å². The average Bonchev–Trinajstić information content (AvgIpc) is 3.48. The molecule has 3 heterocycles. The Kier molecular flexibility index (Phi) is 6.45. The number of ether oxygens (including phenoxy) is 1. The van der Waals surface area contributed by atoms with E-state index in [1.54, 1.807) is 12.1 Å². The zero-order valence-electron chi connectivity index (χ0n) is 21.2. The number of benzene rings is 2. The van der Waals surface area contributed by atoms with Gasteiger partial charge in [-0.2, -0.15) is 0 Å². The highest BCUT2D eigenvalue weighted by Crippen LogP contribution is 2.53. The van der Waals surface area contributed by atoms with Crippen LogP contribution < -0.4 is 20.6 Å². The van der Waals surface area contributed by atoms with Gasteiger partial charge in [-0.1, -0.05) is 32.0 Å². The highest BCUT2D eigenvalue weighted by atomic mass is 31.2. The third kappa shape index (κ3) is 4.23. The lowest BCUT2D eigenvalue weighted by atomic mass is 9.81. The number of amides is 1. The van der Waals surface area contributed by atoms with Gasteiger partial charge in [0.1, 0.15) is 0 Å². The molecule has 2 aromatic carbocycles. The Morgan fingerprint density at radius 2 is 1.81 bits per heavy atom. The van der Waals surface area contributed by atoms with Gasteiger partial charge in [-0.25, -0.2) is 4.67 Å². The molecule has 3 aromatic rings. The number of hydrogen-bond donors (Lipinski definition) is 2. The second-order valence-corrected chi connectivity index (χ2v) is 12.4. The fourth-order valence-corrected chi connectivity index (χ4v) is 7.59. The maximum Gasteiger partial charge on any atom is 0.291 e. The van der Waals surface area contributed by atoms with E-state index in [4.69, 9.17) is 9.15 Å². The molecule has 1 fully saturated rings. The molecule has 36 heavy (non-hydrogen) atoms. The lowest BCUT2D eigenvalue weighted by Gasteiger charge is -2.36. The molecule has 190 valence electrons. The molecule has 0 radical (unpaired) electrons. The fraction of sp³-hybridized carbons (Fsp3) is 0.370. The standard InChI is InChI=1S/C27H33N4O4P/c1-19-27(2,3)21-17-25(22(18-23(21)30(19)4)28-26(32)24-11-8-14-35-24)36(33,31-12-15-34-16-13-31)29-20-9-6-5-7-10-20/h5-11,14,17-19H,12-13,15-16H2,1-4H3,(H,28,32)(H,29,33)/t19-,36-/m1/s1. The number of fused-ring (bicyclic) bond motifs is 1. The van der Waals surface area contributed by atoms with E-state index in [2.05, 4.69) is 43.1 Å². The van der Waals surface area contributed by atoms with Crippen LogP contribution in [0.15, 0.2) is 65.3 Å². The Labute approximate surface area is 212 Å². The maximum atomic E-state index is 15.2. The topological polar surface area (TPSA) is 87.0 Å². The molecule has 8 nitrogen and oxygen atoms in total. The summed E-state index contributed by atoms with van der Waals surface area (Å²) in [4.78, 5) is 15.3. The van der Waals surface area contributed by atoms with Crippen molar-refractivity contribution in [1.29, 1.82) is 0 Å². The fourth-order valence-electron chi connectivity index (χ4n) is 5.05. The highest BCUT2D eigenvalue weighted by molar-refractivity contribution is 7.71. The van der Waals surface area contributed by atoms with Gasteiger partial charge >= 0.3 is 0 Å². The van der Waals surface area contributed by atoms with Crippen molar-refractivity contribution in [2.75, 3.05) is 48.7 Å². The SMILES string of the molecule is C[C@H]1N(C)c2cc(NC(=O)c3ccco3)c([P@@](=O)(Nc3ccccc3)N3CCOCC3)cc2C1(C)C. The first-order valence-corrected chi connectivity index (χ1v) is 13.9. The lowest BCUT2D eigenvalue weighted by molar-refractivity contribution is 0.0729. The summed E-state index contributed by atoms with van der Waals surface area (Å²) in [6, 6.07) is 17.0. The zero-order valence-corrected chi connectivity index (χ0v) is 22.0. The van der Waals surface area contributed by atoms with E-state index in [1.165, 1.54) is 6.26 Å². The van der Waals surface area contributed by atoms with Crippen LogP contribution in [0, 0.1) is 0 Å². The highest BCUT2D eigenvalue weighted by Gasteiger charge is 2.44. The smallest absolute Gasteiger partial charge is 0.291 e. The molecule has 1 amide bonds. The Morgan fingerprint density at radius 3 is 2.47 bits per heavy atom. The third-order valence-corrected chi connectivity index (χ3v) is 10.4. The van der Waals surface area contributed by atoms with Crippen molar-refractivity contribution >= 4 is 35.7 Å².